The van der Waals surface area contributed by atoms with Crippen molar-refractivity contribution in [3.05, 3.63) is 12.2 Å². The number of unbranched alkanes of at least 4 members (excludes halogenated alkanes) is 12. The number of rotatable bonds is 15. The molecule has 0 aliphatic carbocycles. The molecule has 0 aliphatic rings. The number of allylic oxidation sites excluding steroid dienone is 2. The van der Waals surface area contributed by atoms with Crippen molar-refractivity contribution in [1.82, 2.24) is 0 Å². The van der Waals surface area contributed by atoms with E-state index in [4.69, 9.17) is 5.11 Å². The van der Waals surface area contributed by atoms with Crippen LogP contribution in [-0.2, 0) is 0 Å². The van der Waals surface area contributed by atoms with Gasteiger partial charge < -0.3 is 5.11 Å². The number of aliphatic hydroxyl groups excluding tert-OH is 1. The average molecular weight is 292 g/mol. The Labute approximate surface area is 149 Å². The first kappa shape index (κ1) is 23.0. The van der Waals surface area contributed by atoms with E-state index in [1.165, 1.54) is 83.5 Å². The second-order valence-corrected chi connectivity index (χ2v) is 5.66. The van der Waals surface area contributed by atoms with Gasteiger partial charge in [-0.3, -0.25) is 0 Å². The van der Waals surface area contributed by atoms with Crippen LogP contribution in [0.15, 0.2) is 12.2 Å². The molecule has 0 spiro atoms. The van der Waals surface area contributed by atoms with Crippen LogP contribution in [0.2, 0.25) is 0 Å². The molecule has 0 aromatic heterocycles. The standard InChI is InChI=1S/C18H36O.Na.H/c1-2-3-4-5-6-7-8-9-10-11-12-13-14-15-16-17-18-19;;/h9-10,19H,2-8,11-18H2,1H3;;. The Hall–Kier alpha value is 0.700. The fourth-order valence-corrected chi connectivity index (χ4v) is 2.36. The van der Waals surface area contributed by atoms with Gasteiger partial charge in [-0.25, -0.2) is 0 Å². The monoisotopic (exact) mass is 292 g/mol. The van der Waals surface area contributed by atoms with E-state index in [9.17, 15) is 0 Å². The molecule has 0 fully saturated rings. The van der Waals surface area contributed by atoms with Crippen molar-refractivity contribution < 1.29 is 5.11 Å². The fraction of sp³-hybridized carbons (Fsp3) is 0.889. The third-order valence-electron chi connectivity index (χ3n) is 3.67. The van der Waals surface area contributed by atoms with Crippen molar-refractivity contribution in [1.29, 1.82) is 0 Å². The second-order valence-electron chi connectivity index (χ2n) is 5.66. The van der Waals surface area contributed by atoms with E-state index < -0.39 is 0 Å². The van der Waals surface area contributed by atoms with Gasteiger partial charge in [0.05, 0.1) is 0 Å². The van der Waals surface area contributed by atoms with E-state index in [-0.39, 0.29) is 29.6 Å². The van der Waals surface area contributed by atoms with Gasteiger partial charge >= 0.3 is 29.6 Å². The van der Waals surface area contributed by atoms with E-state index in [1.54, 1.807) is 0 Å². The minimum atomic E-state index is 0. The summed E-state index contributed by atoms with van der Waals surface area (Å²) in [6.07, 6.45) is 23.2. The van der Waals surface area contributed by atoms with Crippen LogP contribution in [0.25, 0.3) is 0 Å². The molecule has 20 heavy (non-hydrogen) atoms. The van der Waals surface area contributed by atoms with Crippen LogP contribution in [0.3, 0.4) is 0 Å². The van der Waals surface area contributed by atoms with Gasteiger partial charge in [0.25, 0.3) is 0 Å². The maximum atomic E-state index is 8.66. The zero-order valence-electron chi connectivity index (χ0n) is 13.2. The summed E-state index contributed by atoms with van der Waals surface area (Å²) in [4.78, 5) is 0. The number of aliphatic hydroxyl groups is 1. The van der Waals surface area contributed by atoms with Gasteiger partial charge in [0.1, 0.15) is 0 Å². The van der Waals surface area contributed by atoms with E-state index in [0.29, 0.717) is 6.61 Å². The number of hydrogen-bond acceptors (Lipinski definition) is 1. The first-order chi connectivity index (χ1) is 9.41. The van der Waals surface area contributed by atoms with Gasteiger partial charge in [-0.2, -0.15) is 0 Å². The van der Waals surface area contributed by atoms with Crippen LogP contribution < -0.4 is 0 Å². The molecule has 0 bridgehead atoms. The Morgan fingerprint density at radius 1 is 0.600 bits per heavy atom. The van der Waals surface area contributed by atoms with Gasteiger partial charge in [0.15, 0.2) is 0 Å². The Morgan fingerprint density at radius 2 is 1.00 bits per heavy atom. The molecule has 0 aromatic carbocycles. The summed E-state index contributed by atoms with van der Waals surface area (Å²) in [5.74, 6) is 0. The topological polar surface area (TPSA) is 20.2 Å². The molecule has 0 rings (SSSR count). The van der Waals surface area contributed by atoms with Crippen LogP contribution in [0.1, 0.15) is 96.8 Å². The van der Waals surface area contributed by atoms with Crippen molar-refractivity contribution in [2.75, 3.05) is 6.61 Å². The molecular weight excluding hydrogens is 255 g/mol. The van der Waals surface area contributed by atoms with Crippen molar-refractivity contribution in [3.8, 4) is 0 Å². The summed E-state index contributed by atoms with van der Waals surface area (Å²) in [6, 6.07) is 0. The van der Waals surface area contributed by atoms with Crippen LogP contribution >= 0.6 is 0 Å². The summed E-state index contributed by atoms with van der Waals surface area (Å²) in [7, 11) is 0. The van der Waals surface area contributed by atoms with E-state index in [2.05, 4.69) is 19.1 Å². The summed E-state index contributed by atoms with van der Waals surface area (Å²) in [5, 5.41) is 8.66. The van der Waals surface area contributed by atoms with E-state index >= 15 is 0 Å². The Bertz CT molecular complexity index is 180. The molecule has 0 radical (unpaired) electrons. The average Bonchev–Trinajstić information content (AvgIpc) is 2.43. The molecule has 1 nitrogen and oxygen atoms in total. The molecule has 1 N–H and O–H groups in total. The molecule has 0 heterocycles. The molecule has 0 amide bonds. The molecule has 0 atom stereocenters. The third kappa shape index (κ3) is 21.0. The first-order valence-corrected chi connectivity index (χ1v) is 8.67. The molecule has 0 saturated heterocycles. The summed E-state index contributed by atoms with van der Waals surface area (Å²) < 4.78 is 0. The molecule has 0 unspecified atom stereocenters. The predicted octanol–water partition coefficient (Wildman–Crippen LogP) is 5.37. The molecule has 2 heteroatoms. The summed E-state index contributed by atoms with van der Waals surface area (Å²) in [5.41, 5.74) is 0. The zero-order valence-corrected chi connectivity index (χ0v) is 13.2. The van der Waals surface area contributed by atoms with Gasteiger partial charge in [0.2, 0.25) is 0 Å². The van der Waals surface area contributed by atoms with Gasteiger partial charge in [-0.05, 0) is 32.1 Å². The minimum absolute atomic E-state index is 0. The SMILES string of the molecule is CCCCCCCCC=CCCCCCCCCO.[NaH]. The van der Waals surface area contributed by atoms with Crippen LogP contribution in [-0.4, -0.2) is 41.3 Å². The van der Waals surface area contributed by atoms with Crippen molar-refractivity contribution in [2.45, 2.75) is 96.8 Å². The summed E-state index contributed by atoms with van der Waals surface area (Å²) in [6.45, 7) is 2.64. The van der Waals surface area contributed by atoms with Crippen molar-refractivity contribution >= 4 is 29.6 Å². The molecular formula is C18H37NaO. The molecule has 116 valence electrons. The zero-order chi connectivity index (χ0) is 14.0. The van der Waals surface area contributed by atoms with E-state index in [1.807, 2.05) is 0 Å². The van der Waals surface area contributed by atoms with Crippen LogP contribution in [0.4, 0.5) is 0 Å². The quantitative estimate of drug-likeness (QED) is 0.244. The maximum absolute atomic E-state index is 8.66. The van der Waals surface area contributed by atoms with Gasteiger partial charge in [-0.1, -0.05) is 76.9 Å². The predicted molar refractivity (Wildman–Crippen MR) is 93.7 cm³/mol. The Balaban J connectivity index is 0. The Kier molecular flexibility index (Phi) is 25.3. The Morgan fingerprint density at radius 3 is 1.45 bits per heavy atom. The van der Waals surface area contributed by atoms with Crippen LogP contribution in [0.5, 0.6) is 0 Å². The second kappa shape index (κ2) is 22.0. The number of hydrogen-bond donors (Lipinski definition) is 1. The van der Waals surface area contributed by atoms with Crippen molar-refractivity contribution in [2.24, 2.45) is 0 Å². The molecule has 0 aromatic rings. The summed E-state index contributed by atoms with van der Waals surface area (Å²) >= 11 is 0. The van der Waals surface area contributed by atoms with Crippen LogP contribution in [0, 0.1) is 0 Å². The molecule has 0 saturated carbocycles. The molecule has 0 aliphatic heterocycles. The van der Waals surface area contributed by atoms with Gasteiger partial charge in [-0.15, -0.1) is 0 Å². The first-order valence-electron chi connectivity index (χ1n) is 8.67. The third-order valence-corrected chi connectivity index (χ3v) is 3.67. The van der Waals surface area contributed by atoms with Crippen molar-refractivity contribution in [3.63, 3.8) is 0 Å². The fourth-order valence-electron chi connectivity index (χ4n) is 2.36. The van der Waals surface area contributed by atoms with Gasteiger partial charge in [0, 0.05) is 6.61 Å². The van der Waals surface area contributed by atoms with E-state index in [0.717, 1.165) is 6.42 Å². The normalized spacial score (nSPS) is 10.9.